The molecule has 0 aromatic heterocycles. The molecule has 0 aliphatic heterocycles. The number of aryl methyl sites for hydroxylation is 1. The molecule has 0 aliphatic rings. The van der Waals surface area contributed by atoms with Crippen LogP contribution in [0.3, 0.4) is 0 Å². The highest BCUT2D eigenvalue weighted by atomic mass is 35.5. The van der Waals surface area contributed by atoms with E-state index < -0.39 is 22.5 Å². The van der Waals surface area contributed by atoms with Crippen molar-refractivity contribution in [1.82, 2.24) is 4.72 Å². The Balaban J connectivity index is 2.03. The van der Waals surface area contributed by atoms with Gasteiger partial charge in [0.1, 0.15) is 11.5 Å². The van der Waals surface area contributed by atoms with Gasteiger partial charge in [0.05, 0.1) is 30.7 Å². The maximum absolute atomic E-state index is 12.4. The summed E-state index contributed by atoms with van der Waals surface area (Å²) >= 11 is 5.99. The molecule has 0 spiro atoms. The fourth-order valence-electron chi connectivity index (χ4n) is 2.24. The number of sulfonamides is 1. The zero-order chi connectivity index (χ0) is 19.3. The Hall–Kier alpha value is -2.29. The number of methoxy groups -OCH3 is 2. The number of halogens is 1. The van der Waals surface area contributed by atoms with Crippen LogP contribution < -0.4 is 19.5 Å². The Kier molecular flexibility index (Phi) is 6.47. The number of hydrogen-bond donors (Lipinski definition) is 2. The number of amides is 1. The van der Waals surface area contributed by atoms with Crippen molar-refractivity contribution in [2.45, 2.75) is 11.8 Å². The van der Waals surface area contributed by atoms with E-state index in [4.69, 9.17) is 21.1 Å². The van der Waals surface area contributed by atoms with Crippen LogP contribution in [0.1, 0.15) is 5.56 Å². The van der Waals surface area contributed by atoms with Gasteiger partial charge in [0.15, 0.2) is 0 Å². The van der Waals surface area contributed by atoms with Gasteiger partial charge in [0, 0.05) is 5.69 Å². The number of carbonyl (C=O) groups is 1. The molecule has 0 radical (unpaired) electrons. The maximum atomic E-state index is 12.4. The van der Waals surface area contributed by atoms with E-state index >= 15 is 0 Å². The van der Waals surface area contributed by atoms with Crippen LogP contribution in [0.4, 0.5) is 5.69 Å². The van der Waals surface area contributed by atoms with Crippen molar-refractivity contribution in [2.75, 3.05) is 26.1 Å². The van der Waals surface area contributed by atoms with Gasteiger partial charge in [-0.2, -0.15) is 0 Å². The minimum atomic E-state index is -3.83. The second-order valence-electron chi connectivity index (χ2n) is 5.35. The van der Waals surface area contributed by atoms with Crippen molar-refractivity contribution in [2.24, 2.45) is 0 Å². The largest absolute Gasteiger partial charge is 0.497 e. The molecular weight excluding hydrogens is 380 g/mol. The van der Waals surface area contributed by atoms with E-state index in [1.807, 2.05) is 0 Å². The average Bonchev–Trinajstić information content (AvgIpc) is 2.60. The molecule has 1 amide bonds. The number of anilines is 1. The first kappa shape index (κ1) is 20.0. The normalized spacial score (nSPS) is 11.1. The van der Waals surface area contributed by atoms with E-state index in [1.165, 1.54) is 26.4 Å². The summed E-state index contributed by atoms with van der Waals surface area (Å²) < 4.78 is 37.1. The lowest BCUT2D eigenvalue weighted by molar-refractivity contribution is -0.115. The van der Waals surface area contributed by atoms with Crippen molar-refractivity contribution < 1.29 is 22.7 Å². The highest BCUT2D eigenvalue weighted by Crippen LogP contribution is 2.27. The van der Waals surface area contributed by atoms with Gasteiger partial charge in [0.25, 0.3) is 0 Å². The van der Waals surface area contributed by atoms with Crippen LogP contribution in [-0.4, -0.2) is 35.1 Å². The summed E-state index contributed by atoms with van der Waals surface area (Å²) in [5.41, 5.74) is 0.944. The van der Waals surface area contributed by atoms with Crippen molar-refractivity contribution in [1.29, 1.82) is 0 Å². The molecule has 2 rings (SSSR count). The average molecular weight is 399 g/mol. The topological polar surface area (TPSA) is 93.7 Å². The summed E-state index contributed by atoms with van der Waals surface area (Å²) in [6.07, 6.45) is 0. The molecule has 2 aromatic rings. The number of carbonyl (C=O) groups excluding carboxylic acids is 1. The van der Waals surface area contributed by atoms with Crippen molar-refractivity contribution in [3.05, 3.63) is 47.0 Å². The third-order valence-corrected chi connectivity index (χ3v) is 5.39. The lowest BCUT2D eigenvalue weighted by atomic mass is 10.2. The molecule has 0 saturated heterocycles. The zero-order valence-electron chi connectivity index (χ0n) is 14.5. The molecule has 26 heavy (non-hydrogen) atoms. The molecule has 140 valence electrons. The van der Waals surface area contributed by atoms with Crippen LogP contribution in [0, 0.1) is 6.92 Å². The fourth-order valence-corrected chi connectivity index (χ4v) is 3.70. The highest BCUT2D eigenvalue weighted by molar-refractivity contribution is 7.89. The standard InChI is InChI=1S/C17H19ClN2O5S/c1-11-8-13(24-2)5-7-16(11)26(22,23)19-10-17(21)20-12-4-6-15(25-3)14(18)9-12/h4-9,19H,10H2,1-3H3,(H,20,21). The summed E-state index contributed by atoms with van der Waals surface area (Å²) in [4.78, 5) is 12.1. The Morgan fingerprint density at radius 2 is 1.85 bits per heavy atom. The zero-order valence-corrected chi connectivity index (χ0v) is 16.1. The van der Waals surface area contributed by atoms with E-state index in [2.05, 4.69) is 10.0 Å². The van der Waals surface area contributed by atoms with Gasteiger partial charge in [-0.25, -0.2) is 13.1 Å². The molecule has 0 fully saturated rings. The van der Waals surface area contributed by atoms with Gasteiger partial charge in [0.2, 0.25) is 15.9 Å². The smallest absolute Gasteiger partial charge is 0.241 e. The summed E-state index contributed by atoms with van der Waals surface area (Å²) in [5.74, 6) is 0.497. The van der Waals surface area contributed by atoms with E-state index in [0.717, 1.165) is 0 Å². The summed E-state index contributed by atoms with van der Waals surface area (Å²) in [6, 6.07) is 9.29. The predicted octanol–water partition coefficient (Wildman–Crippen LogP) is 2.58. The van der Waals surface area contributed by atoms with Gasteiger partial charge < -0.3 is 14.8 Å². The molecule has 9 heteroatoms. The maximum Gasteiger partial charge on any atom is 0.241 e. The van der Waals surface area contributed by atoms with Crippen LogP contribution in [-0.2, 0) is 14.8 Å². The Bertz CT molecular complexity index is 915. The summed E-state index contributed by atoms with van der Waals surface area (Å²) in [6.45, 7) is 1.23. The number of benzene rings is 2. The van der Waals surface area contributed by atoms with Crippen molar-refractivity contribution in [3.8, 4) is 11.5 Å². The van der Waals surface area contributed by atoms with Crippen LogP contribution in [0.2, 0.25) is 5.02 Å². The lowest BCUT2D eigenvalue weighted by Crippen LogP contribution is -2.33. The Morgan fingerprint density at radius 1 is 1.12 bits per heavy atom. The van der Waals surface area contributed by atoms with Crippen LogP contribution in [0.5, 0.6) is 11.5 Å². The van der Waals surface area contributed by atoms with Crippen molar-refractivity contribution >= 4 is 33.2 Å². The molecule has 2 aromatic carbocycles. The van der Waals surface area contributed by atoms with Crippen LogP contribution in [0.15, 0.2) is 41.3 Å². The number of nitrogens with one attached hydrogen (secondary N) is 2. The molecule has 0 aliphatic carbocycles. The van der Waals surface area contributed by atoms with Gasteiger partial charge in [-0.05, 0) is 48.9 Å². The monoisotopic (exact) mass is 398 g/mol. The van der Waals surface area contributed by atoms with Gasteiger partial charge in [-0.3, -0.25) is 4.79 Å². The molecular formula is C17H19ClN2O5S. The first-order valence-corrected chi connectivity index (χ1v) is 9.40. The molecule has 7 nitrogen and oxygen atoms in total. The van der Waals surface area contributed by atoms with E-state index in [0.29, 0.717) is 27.8 Å². The van der Waals surface area contributed by atoms with Crippen molar-refractivity contribution in [3.63, 3.8) is 0 Å². The predicted molar refractivity (Wildman–Crippen MR) is 99.6 cm³/mol. The SMILES string of the molecule is COc1ccc(S(=O)(=O)NCC(=O)Nc2ccc(OC)c(Cl)c2)c(C)c1. The Labute approximate surface area is 157 Å². The van der Waals surface area contributed by atoms with E-state index in [9.17, 15) is 13.2 Å². The molecule has 0 saturated carbocycles. The first-order chi connectivity index (χ1) is 12.3. The summed E-state index contributed by atoms with van der Waals surface area (Å²) in [7, 11) is -0.856. The number of rotatable bonds is 7. The fraction of sp³-hybridized carbons (Fsp3) is 0.235. The van der Waals surface area contributed by atoms with E-state index in [1.54, 1.807) is 31.2 Å². The third kappa shape index (κ3) is 4.87. The molecule has 0 bridgehead atoms. The second kappa shape index (κ2) is 8.39. The molecule has 0 unspecified atom stereocenters. The molecule has 0 heterocycles. The molecule has 2 N–H and O–H groups in total. The van der Waals surface area contributed by atoms with Gasteiger partial charge >= 0.3 is 0 Å². The lowest BCUT2D eigenvalue weighted by Gasteiger charge is -2.11. The first-order valence-electron chi connectivity index (χ1n) is 7.54. The number of ether oxygens (including phenoxy) is 2. The van der Waals surface area contributed by atoms with Gasteiger partial charge in [-0.1, -0.05) is 11.6 Å². The minimum absolute atomic E-state index is 0.0820. The Morgan fingerprint density at radius 3 is 2.42 bits per heavy atom. The summed E-state index contributed by atoms with van der Waals surface area (Å²) in [5, 5.41) is 2.90. The third-order valence-electron chi connectivity index (χ3n) is 3.53. The highest BCUT2D eigenvalue weighted by Gasteiger charge is 2.18. The van der Waals surface area contributed by atoms with Gasteiger partial charge in [-0.15, -0.1) is 0 Å². The van der Waals surface area contributed by atoms with Crippen LogP contribution in [0.25, 0.3) is 0 Å². The minimum Gasteiger partial charge on any atom is -0.497 e. The molecule has 0 atom stereocenters. The van der Waals surface area contributed by atoms with E-state index in [-0.39, 0.29) is 4.90 Å². The van der Waals surface area contributed by atoms with Crippen LogP contribution >= 0.6 is 11.6 Å². The number of hydrogen-bond acceptors (Lipinski definition) is 5. The second-order valence-corrected chi connectivity index (χ2v) is 7.50. The quantitative estimate of drug-likeness (QED) is 0.747.